The SMILES string of the molecule is CCc1ccccc1NC(=O)CNC(=O)c1cn(-c2ccccc2)nc1-c1ccc(C)o1. The Labute approximate surface area is 186 Å². The monoisotopic (exact) mass is 428 g/mol. The van der Waals surface area contributed by atoms with Crippen LogP contribution in [-0.4, -0.2) is 28.1 Å². The van der Waals surface area contributed by atoms with Crippen LogP contribution < -0.4 is 10.6 Å². The van der Waals surface area contributed by atoms with Crippen molar-refractivity contribution in [1.82, 2.24) is 15.1 Å². The maximum absolute atomic E-state index is 13.0. The zero-order valence-corrected chi connectivity index (χ0v) is 18.0. The van der Waals surface area contributed by atoms with Crippen LogP contribution in [0, 0.1) is 6.92 Å². The predicted octanol–water partition coefficient (Wildman–Crippen LogP) is 4.37. The van der Waals surface area contributed by atoms with Gasteiger partial charge in [0.15, 0.2) is 5.76 Å². The molecule has 162 valence electrons. The fraction of sp³-hybridized carbons (Fsp3) is 0.160. The third kappa shape index (κ3) is 4.62. The highest BCUT2D eigenvalue weighted by molar-refractivity contribution is 6.02. The maximum atomic E-state index is 13.0. The van der Waals surface area contributed by atoms with E-state index < -0.39 is 5.91 Å². The zero-order valence-electron chi connectivity index (χ0n) is 18.0. The van der Waals surface area contributed by atoms with Crippen LogP contribution in [0.5, 0.6) is 0 Å². The van der Waals surface area contributed by atoms with Crippen LogP contribution in [0.3, 0.4) is 0 Å². The number of furan rings is 1. The van der Waals surface area contributed by atoms with Gasteiger partial charge < -0.3 is 15.1 Å². The molecule has 0 unspecified atom stereocenters. The highest BCUT2D eigenvalue weighted by Gasteiger charge is 2.21. The van der Waals surface area contributed by atoms with Crippen LogP contribution in [-0.2, 0) is 11.2 Å². The molecule has 2 N–H and O–H groups in total. The molecule has 0 aliphatic heterocycles. The summed E-state index contributed by atoms with van der Waals surface area (Å²) in [4.78, 5) is 25.4. The number of rotatable bonds is 7. The molecule has 0 aliphatic carbocycles. The van der Waals surface area contributed by atoms with Gasteiger partial charge >= 0.3 is 0 Å². The number of anilines is 1. The summed E-state index contributed by atoms with van der Waals surface area (Å²) in [6, 6.07) is 20.7. The first-order valence-corrected chi connectivity index (χ1v) is 10.4. The smallest absolute Gasteiger partial charge is 0.255 e. The summed E-state index contributed by atoms with van der Waals surface area (Å²) in [5.41, 5.74) is 3.33. The van der Waals surface area contributed by atoms with Crippen molar-refractivity contribution in [3.8, 4) is 17.1 Å². The van der Waals surface area contributed by atoms with Gasteiger partial charge in [0.2, 0.25) is 5.91 Å². The van der Waals surface area contributed by atoms with Crippen molar-refractivity contribution in [2.75, 3.05) is 11.9 Å². The lowest BCUT2D eigenvalue weighted by molar-refractivity contribution is -0.115. The number of amides is 2. The number of hydrogen-bond donors (Lipinski definition) is 2. The quantitative estimate of drug-likeness (QED) is 0.457. The van der Waals surface area contributed by atoms with E-state index in [4.69, 9.17) is 4.42 Å². The fourth-order valence-corrected chi connectivity index (χ4v) is 3.40. The summed E-state index contributed by atoms with van der Waals surface area (Å²) in [5, 5.41) is 10.1. The molecule has 0 spiro atoms. The van der Waals surface area contributed by atoms with Gasteiger partial charge in [0, 0.05) is 11.9 Å². The molecule has 32 heavy (non-hydrogen) atoms. The molecule has 2 aromatic heterocycles. The molecule has 0 fully saturated rings. The molecule has 2 aromatic carbocycles. The van der Waals surface area contributed by atoms with Gasteiger partial charge in [-0.25, -0.2) is 4.68 Å². The number of aryl methyl sites for hydroxylation is 2. The van der Waals surface area contributed by atoms with E-state index in [9.17, 15) is 9.59 Å². The molecule has 2 amide bonds. The lowest BCUT2D eigenvalue weighted by atomic mass is 10.1. The number of aromatic nitrogens is 2. The Morgan fingerprint density at radius 1 is 1.00 bits per heavy atom. The molecule has 4 aromatic rings. The van der Waals surface area contributed by atoms with E-state index >= 15 is 0 Å². The lowest BCUT2D eigenvalue weighted by Crippen LogP contribution is -2.33. The fourth-order valence-electron chi connectivity index (χ4n) is 3.40. The summed E-state index contributed by atoms with van der Waals surface area (Å²) in [6.45, 7) is 3.69. The lowest BCUT2D eigenvalue weighted by Gasteiger charge is -2.10. The van der Waals surface area contributed by atoms with Crippen molar-refractivity contribution in [3.63, 3.8) is 0 Å². The molecule has 0 atom stereocenters. The summed E-state index contributed by atoms with van der Waals surface area (Å²) in [6.07, 6.45) is 2.44. The van der Waals surface area contributed by atoms with Gasteiger partial charge in [0.1, 0.15) is 11.5 Å². The predicted molar refractivity (Wildman–Crippen MR) is 123 cm³/mol. The highest BCUT2D eigenvalue weighted by atomic mass is 16.3. The normalized spacial score (nSPS) is 10.7. The summed E-state index contributed by atoms with van der Waals surface area (Å²) in [7, 11) is 0. The second-order valence-corrected chi connectivity index (χ2v) is 7.32. The average molecular weight is 428 g/mol. The van der Waals surface area contributed by atoms with E-state index in [1.165, 1.54) is 0 Å². The van der Waals surface area contributed by atoms with Crippen LogP contribution in [0.2, 0.25) is 0 Å². The summed E-state index contributed by atoms with van der Waals surface area (Å²) < 4.78 is 7.33. The van der Waals surface area contributed by atoms with E-state index in [2.05, 4.69) is 15.7 Å². The number of hydrogen-bond acceptors (Lipinski definition) is 4. The number of nitrogens with zero attached hydrogens (tertiary/aromatic N) is 2. The van der Waals surface area contributed by atoms with E-state index in [0.29, 0.717) is 17.0 Å². The van der Waals surface area contributed by atoms with Gasteiger partial charge in [-0.1, -0.05) is 43.3 Å². The van der Waals surface area contributed by atoms with Crippen molar-refractivity contribution in [2.24, 2.45) is 0 Å². The van der Waals surface area contributed by atoms with Crippen molar-refractivity contribution >= 4 is 17.5 Å². The van der Waals surface area contributed by atoms with Crippen molar-refractivity contribution in [3.05, 3.63) is 89.8 Å². The van der Waals surface area contributed by atoms with Gasteiger partial charge in [-0.2, -0.15) is 5.10 Å². The number of carbonyl (C=O) groups excluding carboxylic acids is 2. The first-order valence-electron chi connectivity index (χ1n) is 10.4. The standard InChI is InChI=1S/C25H24N4O3/c1-3-18-9-7-8-12-21(18)27-23(30)15-26-25(31)20-16-29(19-10-5-4-6-11-19)28-24(20)22-14-13-17(2)32-22/h4-14,16H,3,15H2,1-2H3,(H,26,31)(H,27,30). The Kier molecular flexibility index (Phi) is 6.17. The summed E-state index contributed by atoms with van der Waals surface area (Å²) >= 11 is 0. The largest absolute Gasteiger partial charge is 0.460 e. The second-order valence-electron chi connectivity index (χ2n) is 7.32. The van der Waals surface area contributed by atoms with E-state index in [1.54, 1.807) is 16.9 Å². The molecule has 0 bridgehead atoms. The molecule has 0 aliphatic rings. The molecule has 4 rings (SSSR count). The molecule has 2 heterocycles. The zero-order chi connectivity index (χ0) is 22.5. The molecule has 7 heteroatoms. The molecular formula is C25H24N4O3. The van der Waals surface area contributed by atoms with Gasteiger partial charge in [-0.05, 0) is 49.2 Å². The van der Waals surface area contributed by atoms with Gasteiger partial charge in [0.25, 0.3) is 5.91 Å². The van der Waals surface area contributed by atoms with Crippen molar-refractivity contribution < 1.29 is 14.0 Å². The third-order valence-electron chi connectivity index (χ3n) is 5.04. The maximum Gasteiger partial charge on any atom is 0.255 e. The Morgan fingerprint density at radius 2 is 1.75 bits per heavy atom. The number of benzene rings is 2. The van der Waals surface area contributed by atoms with E-state index in [0.717, 1.165) is 29.1 Å². The third-order valence-corrected chi connectivity index (χ3v) is 5.04. The number of carbonyl (C=O) groups is 2. The number of para-hydroxylation sites is 2. The Morgan fingerprint density at radius 3 is 2.47 bits per heavy atom. The van der Waals surface area contributed by atoms with Crippen LogP contribution in [0.25, 0.3) is 17.1 Å². The van der Waals surface area contributed by atoms with Crippen molar-refractivity contribution in [1.29, 1.82) is 0 Å². The first kappa shape index (κ1) is 21.1. The van der Waals surface area contributed by atoms with E-state index in [-0.39, 0.29) is 12.5 Å². The first-order chi connectivity index (χ1) is 15.5. The van der Waals surface area contributed by atoms with Crippen LogP contribution in [0.1, 0.15) is 28.6 Å². The Balaban J connectivity index is 1.53. The van der Waals surface area contributed by atoms with Gasteiger partial charge in [0.05, 0.1) is 17.8 Å². The van der Waals surface area contributed by atoms with Crippen molar-refractivity contribution in [2.45, 2.75) is 20.3 Å². The van der Waals surface area contributed by atoms with Crippen LogP contribution in [0.4, 0.5) is 5.69 Å². The van der Waals surface area contributed by atoms with Gasteiger partial charge in [-0.15, -0.1) is 0 Å². The van der Waals surface area contributed by atoms with Crippen LogP contribution in [0.15, 0.2) is 77.3 Å². The topological polar surface area (TPSA) is 89.2 Å². The minimum atomic E-state index is -0.407. The molecule has 0 radical (unpaired) electrons. The second kappa shape index (κ2) is 9.34. The Bertz CT molecular complexity index is 1240. The highest BCUT2D eigenvalue weighted by Crippen LogP contribution is 2.25. The molecule has 7 nitrogen and oxygen atoms in total. The molecule has 0 saturated carbocycles. The Hall–Kier alpha value is -4.13. The van der Waals surface area contributed by atoms with Gasteiger partial charge in [-0.3, -0.25) is 9.59 Å². The molecular weight excluding hydrogens is 404 g/mol. The van der Waals surface area contributed by atoms with E-state index in [1.807, 2.05) is 74.5 Å². The summed E-state index contributed by atoms with van der Waals surface area (Å²) in [5.74, 6) is 0.499. The average Bonchev–Trinajstić information content (AvgIpc) is 3.45. The minimum absolute atomic E-state index is 0.163. The minimum Gasteiger partial charge on any atom is -0.460 e. The molecule has 0 saturated heterocycles. The number of nitrogens with one attached hydrogen (secondary N) is 2. The van der Waals surface area contributed by atoms with Crippen LogP contribution >= 0.6 is 0 Å².